The first-order valence-electron chi connectivity index (χ1n) is 9.35. The zero-order valence-electron chi connectivity index (χ0n) is 15.7. The van der Waals surface area contributed by atoms with Gasteiger partial charge in [-0.25, -0.2) is 13.4 Å². The molecular weight excluding hydrogens is 370 g/mol. The van der Waals surface area contributed by atoms with Gasteiger partial charge in [-0.3, -0.25) is 4.79 Å². The van der Waals surface area contributed by atoms with E-state index in [9.17, 15) is 13.2 Å². The van der Waals surface area contributed by atoms with Crippen LogP contribution in [0.4, 0.5) is 0 Å². The van der Waals surface area contributed by atoms with Gasteiger partial charge < -0.3 is 10.6 Å². The summed E-state index contributed by atoms with van der Waals surface area (Å²) in [6, 6.07) is -0.0133. The molecular formula is C18H29N3O3S2. The van der Waals surface area contributed by atoms with Gasteiger partial charge in [0.05, 0.1) is 10.5 Å². The molecule has 146 valence electrons. The molecule has 2 heterocycles. The number of sulfone groups is 1. The van der Waals surface area contributed by atoms with E-state index in [4.69, 9.17) is 0 Å². The van der Waals surface area contributed by atoms with Gasteiger partial charge in [-0.15, -0.1) is 11.3 Å². The first kappa shape index (κ1) is 19.8. The zero-order valence-corrected chi connectivity index (χ0v) is 17.4. The lowest BCUT2D eigenvalue weighted by atomic mass is 9.70. The molecule has 6 nitrogen and oxygen atoms in total. The number of hydrogen-bond donors (Lipinski definition) is 2. The summed E-state index contributed by atoms with van der Waals surface area (Å²) in [4.78, 5) is 16.4. The molecule has 1 saturated carbocycles. The predicted octanol–water partition coefficient (Wildman–Crippen LogP) is 2.04. The van der Waals surface area contributed by atoms with Gasteiger partial charge >= 0.3 is 0 Å². The Kier molecular flexibility index (Phi) is 5.75. The fraction of sp³-hybridized carbons (Fsp3) is 0.778. The Morgan fingerprint density at radius 3 is 2.73 bits per heavy atom. The van der Waals surface area contributed by atoms with E-state index >= 15 is 0 Å². The number of carbonyl (C=O) groups excluding carboxylic acids is 1. The van der Waals surface area contributed by atoms with Crippen LogP contribution in [0.2, 0.25) is 0 Å². The molecule has 8 heteroatoms. The molecule has 2 fully saturated rings. The lowest BCUT2D eigenvalue weighted by Crippen LogP contribution is -2.60. The van der Waals surface area contributed by atoms with E-state index in [0.717, 1.165) is 23.8 Å². The Morgan fingerprint density at radius 1 is 1.38 bits per heavy atom. The molecule has 1 atom stereocenters. The maximum Gasteiger partial charge on any atom is 0.222 e. The molecule has 0 aromatic carbocycles. The van der Waals surface area contributed by atoms with Crippen molar-refractivity contribution < 1.29 is 13.2 Å². The highest BCUT2D eigenvalue weighted by Crippen LogP contribution is 2.49. The van der Waals surface area contributed by atoms with Crippen molar-refractivity contribution in [2.45, 2.75) is 63.8 Å². The lowest BCUT2D eigenvalue weighted by molar-refractivity contribution is -0.124. The second-order valence-electron chi connectivity index (χ2n) is 8.14. The Hall–Kier alpha value is -0.990. The third-order valence-electron chi connectivity index (χ3n) is 5.58. The lowest BCUT2D eigenvalue weighted by Gasteiger charge is -2.51. The monoisotopic (exact) mass is 399 g/mol. The predicted molar refractivity (Wildman–Crippen MR) is 104 cm³/mol. The molecule has 1 unspecified atom stereocenters. The molecule has 1 saturated heterocycles. The summed E-state index contributed by atoms with van der Waals surface area (Å²) in [5.74, 6) is 0.512. The van der Waals surface area contributed by atoms with Crippen LogP contribution in [0.25, 0.3) is 0 Å². The molecule has 1 spiro atoms. The zero-order chi connectivity index (χ0) is 18.9. The van der Waals surface area contributed by atoms with Crippen LogP contribution in [0.15, 0.2) is 5.38 Å². The molecule has 0 bridgehead atoms. The first-order chi connectivity index (χ1) is 12.2. The minimum absolute atomic E-state index is 0.0133. The molecule has 26 heavy (non-hydrogen) atoms. The van der Waals surface area contributed by atoms with Gasteiger partial charge in [-0.2, -0.15) is 0 Å². The van der Waals surface area contributed by atoms with Gasteiger partial charge in [-0.1, -0.05) is 13.8 Å². The van der Waals surface area contributed by atoms with Crippen molar-refractivity contribution in [3.05, 3.63) is 16.1 Å². The average molecular weight is 400 g/mol. The second-order valence-corrected chi connectivity index (χ2v) is 11.6. The van der Waals surface area contributed by atoms with Crippen LogP contribution < -0.4 is 10.6 Å². The summed E-state index contributed by atoms with van der Waals surface area (Å²) < 4.78 is 24.7. The van der Waals surface area contributed by atoms with Crippen molar-refractivity contribution >= 4 is 27.1 Å². The van der Waals surface area contributed by atoms with Crippen molar-refractivity contribution in [2.75, 3.05) is 12.3 Å². The molecule has 2 aliphatic rings. The fourth-order valence-electron chi connectivity index (χ4n) is 4.11. The van der Waals surface area contributed by atoms with E-state index < -0.39 is 14.6 Å². The number of thiazole rings is 1. The SMILES string of the molecule is Cc1csc(CNCC2CC3(C2)CC(NC(=O)C(C)C)CCS3(=O)=O)n1. The molecule has 1 aliphatic carbocycles. The number of carbonyl (C=O) groups is 1. The summed E-state index contributed by atoms with van der Waals surface area (Å²) in [7, 11) is -3.07. The largest absolute Gasteiger partial charge is 0.353 e. The number of aromatic nitrogens is 1. The van der Waals surface area contributed by atoms with E-state index in [1.165, 1.54) is 0 Å². The van der Waals surface area contributed by atoms with Gasteiger partial charge in [-0.05, 0) is 45.1 Å². The van der Waals surface area contributed by atoms with Gasteiger partial charge in [0.15, 0.2) is 9.84 Å². The highest BCUT2D eigenvalue weighted by Gasteiger charge is 2.56. The molecule has 3 rings (SSSR count). The summed E-state index contributed by atoms with van der Waals surface area (Å²) in [6.07, 6.45) is 2.51. The van der Waals surface area contributed by atoms with E-state index in [1.807, 2.05) is 26.2 Å². The van der Waals surface area contributed by atoms with E-state index in [1.54, 1.807) is 11.3 Å². The Bertz CT molecular complexity index is 751. The average Bonchev–Trinajstić information content (AvgIpc) is 2.93. The Balaban J connectivity index is 1.51. The van der Waals surface area contributed by atoms with Gasteiger partial charge in [0.1, 0.15) is 5.01 Å². The summed E-state index contributed by atoms with van der Waals surface area (Å²) in [5, 5.41) is 9.55. The fourth-order valence-corrected chi connectivity index (χ4v) is 7.31. The van der Waals surface area contributed by atoms with E-state index in [0.29, 0.717) is 31.6 Å². The van der Waals surface area contributed by atoms with E-state index in [-0.39, 0.29) is 23.6 Å². The number of nitrogens with one attached hydrogen (secondary N) is 2. The quantitative estimate of drug-likeness (QED) is 0.764. The van der Waals surface area contributed by atoms with Crippen LogP contribution in [-0.2, 0) is 21.2 Å². The maximum absolute atomic E-state index is 12.7. The summed E-state index contributed by atoms with van der Waals surface area (Å²) in [5.41, 5.74) is 1.04. The number of amides is 1. The minimum atomic E-state index is -3.07. The van der Waals surface area contributed by atoms with Crippen LogP contribution in [-0.4, -0.2) is 42.4 Å². The standard InChI is InChI=1S/C18H29N3O3S2/c1-12(2)17(22)21-15-4-5-26(23,24)18(8-15)6-14(7-18)9-19-10-16-20-13(3)11-25-16/h11-12,14-15,19H,4-10H2,1-3H3,(H,21,22). The normalized spacial score (nSPS) is 30.3. The third kappa shape index (κ3) is 4.12. The smallest absolute Gasteiger partial charge is 0.222 e. The van der Waals surface area contributed by atoms with Gasteiger partial charge in [0.2, 0.25) is 5.91 Å². The van der Waals surface area contributed by atoms with Crippen LogP contribution in [0.5, 0.6) is 0 Å². The highest BCUT2D eigenvalue weighted by atomic mass is 32.2. The van der Waals surface area contributed by atoms with Crippen LogP contribution >= 0.6 is 11.3 Å². The molecule has 1 aliphatic heterocycles. The third-order valence-corrected chi connectivity index (χ3v) is 9.14. The highest BCUT2D eigenvalue weighted by molar-refractivity contribution is 7.92. The Labute approximate surface area is 160 Å². The van der Waals surface area contributed by atoms with Crippen LogP contribution in [0.3, 0.4) is 0 Å². The first-order valence-corrected chi connectivity index (χ1v) is 11.9. The second kappa shape index (κ2) is 7.56. The molecule has 1 amide bonds. The van der Waals surface area contributed by atoms with Crippen molar-refractivity contribution in [1.29, 1.82) is 0 Å². The van der Waals surface area contributed by atoms with Gasteiger partial charge in [0.25, 0.3) is 0 Å². The topological polar surface area (TPSA) is 88.2 Å². The number of hydrogen-bond acceptors (Lipinski definition) is 6. The molecule has 1 aromatic heterocycles. The summed E-state index contributed by atoms with van der Waals surface area (Å²) >= 11 is 1.65. The number of aryl methyl sites for hydroxylation is 1. The number of nitrogens with zero attached hydrogens (tertiary/aromatic N) is 1. The van der Waals surface area contributed by atoms with Crippen molar-refractivity contribution in [2.24, 2.45) is 11.8 Å². The maximum atomic E-state index is 12.7. The van der Waals surface area contributed by atoms with E-state index in [2.05, 4.69) is 15.6 Å². The van der Waals surface area contributed by atoms with Gasteiger partial charge in [0, 0.05) is 29.6 Å². The number of rotatable bonds is 6. The molecule has 2 N–H and O–H groups in total. The van der Waals surface area contributed by atoms with Crippen LogP contribution in [0.1, 0.15) is 50.2 Å². The summed E-state index contributed by atoms with van der Waals surface area (Å²) in [6.45, 7) is 7.26. The van der Waals surface area contributed by atoms with Crippen molar-refractivity contribution in [1.82, 2.24) is 15.6 Å². The minimum Gasteiger partial charge on any atom is -0.353 e. The van der Waals surface area contributed by atoms with Crippen LogP contribution in [0, 0.1) is 18.8 Å². The molecule has 1 aromatic rings. The molecule has 0 radical (unpaired) electrons. The van der Waals surface area contributed by atoms with Crippen molar-refractivity contribution in [3.8, 4) is 0 Å². The van der Waals surface area contributed by atoms with Crippen molar-refractivity contribution in [3.63, 3.8) is 0 Å². The Morgan fingerprint density at radius 2 is 2.12 bits per heavy atom.